The second-order valence-corrected chi connectivity index (χ2v) is 10.9. The SMILES string of the molecule is CC(C)(C)C(=O)SSCCCOC(=O)OCc1ccc(-c2nc3c(C(N)=O)cccc3[nH]2)cc1. The summed E-state index contributed by atoms with van der Waals surface area (Å²) in [4.78, 5) is 42.9. The second-order valence-electron chi connectivity index (χ2n) is 8.53. The van der Waals surface area contributed by atoms with Crippen LogP contribution in [0.5, 0.6) is 0 Å². The van der Waals surface area contributed by atoms with Crippen molar-refractivity contribution in [2.24, 2.45) is 11.1 Å². The molecule has 0 saturated carbocycles. The molecule has 3 rings (SSSR count). The van der Waals surface area contributed by atoms with Crippen LogP contribution in [0.2, 0.25) is 0 Å². The topological polar surface area (TPSA) is 124 Å². The predicted molar refractivity (Wildman–Crippen MR) is 135 cm³/mol. The largest absolute Gasteiger partial charge is 0.508 e. The normalized spacial score (nSPS) is 11.4. The van der Waals surface area contributed by atoms with E-state index >= 15 is 0 Å². The van der Waals surface area contributed by atoms with Gasteiger partial charge in [-0.15, -0.1) is 0 Å². The Morgan fingerprint density at radius 1 is 1.06 bits per heavy atom. The minimum atomic E-state index is -0.733. The molecule has 34 heavy (non-hydrogen) atoms. The van der Waals surface area contributed by atoms with Gasteiger partial charge in [0, 0.05) is 16.7 Å². The quantitative estimate of drug-likeness (QED) is 0.229. The smallest absolute Gasteiger partial charge is 0.434 e. The van der Waals surface area contributed by atoms with Gasteiger partial charge in [-0.25, -0.2) is 9.78 Å². The number of amides is 1. The van der Waals surface area contributed by atoms with Gasteiger partial charge in [0.1, 0.15) is 17.9 Å². The Morgan fingerprint density at radius 3 is 2.47 bits per heavy atom. The number of para-hydroxylation sites is 1. The van der Waals surface area contributed by atoms with Crippen LogP contribution in [0, 0.1) is 5.41 Å². The fourth-order valence-corrected chi connectivity index (χ4v) is 5.15. The number of H-pyrrole nitrogens is 1. The van der Waals surface area contributed by atoms with Crippen LogP contribution in [0.1, 0.15) is 43.1 Å². The minimum Gasteiger partial charge on any atom is -0.434 e. The number of primary amides is 1. The zero-order valence-corrected chi connectivity index (χ0v) is 20.9. The first kappa shape index (κ1) is 25.6. The zero-order valence-electron chi connectivity index (χ0n) is 19.3. The third-order valence-corrected chi connectivity index (χ3v) is 7.35. The van der Waals surface area contributed by atoms with Crippen molar-refractivity contribution in [1.29, 1.82) is 0 Å². The molecular formula is C24H27N3O5S2. The molecule has 0 aliphatic carbocycles. The van der Waals surface area contributed by atoms with E-state index in [-0.39, 0.29) is 23.7 Å². The molecule has 0 aliphatic rings. The molecule has 0 saturated heterocycles. The van der Waals surface area contributed by atoms with Crippen molar-refractivity contribution in [1.82, 2.24) is 9.97 Å². The minimum absolute atomic E-state index is 0.0791. The molecule has 0 aliphatic heterocycles. The molecular weight excluding hydrogens is 474 g/mol. The summed E-state index contributed by atoms with van der Waals surface area (Å²) in [5.74, 6) is 0.774. The van der Waals surface area contributed by atoms with E-state index in [0.717, 1.165) is 16.6 Å². The van der Waals surface area contributed by atoms with Crippen LogP contribution >= 0.6 is 21.6 Å². The highest BCUT2D eigenvalue weighted by Crippen LogP contribution is 2.31. The first-order valence-corrected chi connectivity index (χ1v) is 13.0. The molecule has 0 radical (unpaired) electrons. The number of hydrogen-bond acceptors (Lipinski definition) is 8. The summed E-state index contributed by atoms with van der Waals surface area (Å²) < 4.78 is 10.2. The number of nitrogens with two attached hydrogens (primary N) is 1. The Kier molecular flexibility index (Phi) is 8.62. The van der Waals surface area contributed by atoms with Gasteiger partial charge in [-0.1, -0.05) is 61.9 Å². The fraction of sp³-hybridized carbons (Fsp3) is 0.333. The van der Waals surface area contributed by atoms with Crippen molar-refractivity contribution in [2.75, 3.05) is 12.4 Å². The standard InChI is InChI=1S/C24H27N3O5S2/c1-24(2,3)22(29)34-33-13-5-12-31-23(30)32-14-15-8-10-16(11-9-15)21-26-18-7-4-6-17(20(25)28)19(18)27-21/h4,6-11H,5,12-14H2,1-3H3,(H2,25,28)(H,26,27). The molecule has 3 aromatic rings. The molecule has 1 amide bonds. The Labute approximate surface area is 205 Å². The third kappa shape index (κ3) is 7.01. The van der Waals surface area contributed by atoms with E-state index in [4.69, 9.17) is 15.2 Å². The van der Waals surface area contributed by atoms with Gasteiger partial charge in [-0.2, -0.15) is 0 Å². The number of aromatic nitrogens is 2. The van der Waals surface area contributed by atoms with Gasteiger partial charge in [0.05, 0.1) is 17.7 Å². The number of nitrogens with one attached hydrogen (secondary N) is 1. The molecule has 0 bridgehead atoms. The number of carbonyl (C=O) groups excluding carboxylic acids is 3. The summed E-state index contributed by atoms with van der Waals surface area (Å²) >= 11 is 0. The number of imidazole rings is 1. The van der Waals surface area contributed by atoms with Gasteiger partial charge in [0.25, 0.3) is 5.91 Å². The van der Waals surface area contributed by atoms with Gasteiger partial charge in [-0.05, 0) is 34.9 Å². The highest BCUT2D eigenvalue weighted by Gasteiger charge is 2.21. The summed E-state index contributed by atoms with van der Waals surface area (Å²) in [7, 11) is 2.69. The van der Waals surface area contributed by atoms with E-state index in [2.05, 4.69) is 9.97 Å². The third-order valence-electron chi connectivity index (χ3n) is 4.70. The predicted octanol–water partition coefficient (Wildman–Crippen LogP) is 5.33. The van der Waals surface area contributed by atoms with Crippen LogP contribution in [-0.4, -0.2) is 39.5 Å². The summed E-state index contributed by atoms with van der Waals surface area (Å²) in [5, 5.41) is 0.125. The average molecular weight is 502 g/mol. The lowest BCUT2D eigenvalue weighted by molar-refractivity contribution is -0.117. The van der Waals surface area contributed by atoms with Gasteiger partial charge < -0.3 is 20.2 Å². The summed E-state index contributed by atoms with van der Waals surface area (Å²) in [6.45, 7) is 5.96. The zero-order chi connectivity index (χ0) is 24.7. The van der Waals surface area contributed by atoms with Crippen LogP contribution in [0.4, 0.5) is 4.79 Å². The van der Waals surface area contributed by atoms with Crippen LogP contribution < -0.4 is 5.73 Å². The Hall–Kier alpha value is -2.98. The van der Waals surface area contributed by atoms with Gasteiger partial charge >= 0.3 is 6.16 Å². The first-order chi connectivity index (χ1) is 16.1. The van der Waals surface area contributed by atoms with Crippen LogP contribution in [0.15, 0.2) is 42.5 Å². The maximum Gasteiger partial charge on any atom is 0.508 e. The molecule has 2 aromatic carbocycles. The van der Waals surface area contributed by atoms with Gasteiger partial charge in [-0.3, -0.25) is 9.59 Å². The molecule has 0 unspecified atom stereocenters. The molecule has 180 valence electrons. The first-order valence-electron chi connectivity index (χ1n) is 10.7. The molecule has 0 atom stereocenters. The highest BCUT2D eigenvalue weighted by molar-refractivity contribution is 8.82. The van der Waals surface area contributed by atoms with Crippen molar-refractivity contribution >= 4 is 49.8 Å². The lowest BCUT2D eigenvalue weighted by Crippen LogP contribution is -2.15. The molecule has 0 fully saturated rings. The van der Waals surface area contributed by atoms with Crippen molar-refractivity contribution in [3.63, 3.8) is 0 Å². The van der Waals surface area contributed by atoms with Crippen molar-refractivity contribution in [3.8, 4) is 11.4 Å². The molecule has 3 N–H and O–H groups in total. The van der Waals surface area contributed by atoms with Gasteiger partial charge in [0.2, 0.25) is 5.12 Å². The number of aromatic amines is 1. The van der Waals surface area contributed by atoms with Crippen LogP contribution in [-0.2, 0) is 20.9 Å². The Morgan fingerprint density at radius 2 is 1.79 bits per heavy atom. The monoisotopic (exact) mass is 501 g/mol. The number of benzene rings is 2. The average Bonchev–Trinajstić information content (AvgIpc) is 3.23. The summed E-state index contributed by atoms with van der Waals surface area (Å²) in [5.41, 5.74) is 8.28. The van der Waals surface area contributed by atoms with Crippen molar-refractivity contribution in [3.05, 3.63) is 53.6 Å². The number of fused-ring (bicyclic) bond motifs is 1. The molecule has 1 aromatic heterocycles. The van der Waals surface area contributed by atoms with Crippen molar-refractivity contribution < 1.29 is 23.9 Å². The van der Waals surface area contributed by atoms with E-state index < -0.39 is 12.1 Å². The van der Waals surface area contributed by atoms with Gasteiger partial charge in [0.15, 0.2) is 0 Å². The van der Waals surface area contributed by atoms with E-state index in [1.54, 1.807) is 12.1 Å². The fourth-order valence-electron chi connectivity index (χ4n) is 2.80. The molecule has 10 heteroatoms. The maximum absolute atomic E-state index is 11.8. The number of hydrogen-bond donors (Lipinski definition) is 2. The van der Waals surface area contributed by atoms with E-state index in [1.165, 1.54) is 21.6 Å². The molecule has 1 heterocycles. The van der Waals surface area contributed by atoms with E-state index in [9.17, 15) is 14.4 Å². The highest BCUT2D eigenvalue weighted by atomic mass is 33.1. The van der Waals surface area contributed by atoms with Crippen LogP contribution in [0.25, 0.3) is 22.4 Å². The lowest BCUT2D eigenvalue weighted by Gasteiger charge is -2.14. The van der Waals surface area contributed by atoms with Crippen LogP contribution in [0.3, 0.4) is 0 Å². The number of carbonyl (C=O) groups is 3. The van der Waals surface area contributed by atoms with E-state index in [0.29, 0.717) is 29.1 Å². The maximum atomic E-state index is 11.8. The van der Waals surface area contributed by atoms with Crippen molar-refractivity contribution in [2.45, 2.75) is 33.8 Å². The summed E-state index contributed by atoms with van der Waals surface area (Å²) in [6.07, 6.45) is -0.0998. The molecule has 8 nitrogen and oxygen atoms in total. The van der Waals surface area contributed by atoms with E-state index in [1.807, 2.05) is 51.1 Å². The summed E-state index contributed by atoms with van der Waals surface area (Å²) in [6, 6.07) is 12.6. The number of rotatable bonds is 9. The molecule has 0 spiro atoms. The Balaban J connectivity index is 1.42. The number of nitrogens with zero attached hydrogens (tertiary/aromatic N) is 1. The second kappa shape index (κ2) is 11.4. The Bertz CT molecular complexity index is 1170. The number of ether oxygens (including phenoxy) is 2. The lowest BCUT2D eigenvalue weighted by atomic mass is 10.00.